The van der Waals surface area contributed by atoms with Crippen molar-refractivity contribution in [3.63, 3.8) is 0 Å². The highest BCUT2D eigenvalue weighted by Crippen LogP contribution is 2.37. The van der Waals surface area contributed by atoms with Gasteiger partial charge in [-0.25, -0.2) is 12.8 Å². The molecular formula is C12H14F6O3S2. The minimum absolute atomic E-state index is 0.413. The molecule has 0 radical (unpaired) electrons. The second kappa shape index (κ2) is 7.75. The number of benzene rings is 1. The van der Waals surface area contributed by atoms with Gasteiger partial charge in [0.1, 0.15) is 12.5 Å². The standard InChI is InChI=1S/C9H13S.C3H2F6O3S/c1-8-4-6-9(7-5-8)10(2)3;4-1(2(5,6)7)3(8,9)13(10,11)12/h4-7H,1-3H3;1H,(H,10,11,12)/q+1;/p-1. The zero-order valence-electron chi connectivity index (χ0n) is 12.2. The third-order valence-electron chi connectivity index (χ3n) is 2.41. The highest BCUT2D eigenvalue weighted by atomic mass is 32.2. The first-order chi connectivity index (χ1) is 10.1. The lowest BCUT2D eigenvalue weighted by atomic mass is 10.2. The SMILES string of the molecule is Cc1ccc([S+](C)C)cc1.O=S(=O)([O-])C(F)(F)C(F)C(F)(F)F. The van der Waals surface area contributed by atoms with E-state index in [-0.39, 0.29) is 0 Å². The molecular weight excluding hydrogens is 370 g/mol. The summed E-state index contributed by atoms with van der Waals surface area (Å²) in [7, 11) is -6.25. The fraction of sp³-hybridized carbons (Fsp3) is 0.500. The highest BCUT2D eigenvalue weighted by molar-refractivity contribution is 7.95. The fourth-order valence-electron chi connectivity index (χ4n) is 1.13. The van der Waals surface area contributed by atoms with Crippen LogP contribution < -0.4 is 0 Å². The largest absolute Gasteiger partial charge is 0.743 e. The van der Waals surface area contributed by atoms with Gasteiger partial charge in [0.05, 0.1) is 0 Å². The van der Waals surface area contributed by atoms with Gasteiger partial charge in [0, 0.05) is 10.9 Å². The lowest BCUT2D eigenvalue weighted by Gasteiger charge is -2.24. The molecule has 1 unspecified atom stereocenters. The van der Waals surface area contributed by atoms with E-state index < -0.39 is 27.7 Å². The van der Waals surface area contributed by atoms with E-state index in [0.717, 1.165) is 0 Å². The molecule has 0 spiro atoms. The van der Waals surface area contributed by atoms with E-state index in [1.165, 1.54) is 10.5 Å². The van der Waals surface area contributed by atoms with Crippen molar-refractivity contribution in [3.05, 3.63) is 29.8 Å². The third-order valence-corrected chi connectivity index (χ3v) is 4.50. The van der Waals surface area contributed by atoms with Crippen LogP contribution in [0.5, 0.6) is 0 Å². The quantitative estimate of drug-likeness (QED) is 0.457. The van der Waals surface area contributed by atoms with Crippen molar-refractivity contribution in [2.24, 2.45) is 0 Å². The zero-order chi connectivity index (χ0) is 18.6. The van der Waals surface area contributed by atoms with Crippen LogP contribution in [0.3, 0.4) is 0 Å². The molecule has 0 saturated carbocycles. The Kier molecular flexibility index (Phi) is 7.44. The van der Waals surface area contributed by atoms with Gasteiger partial charge in [0.25, 0.3) is 6.17 Å². The van der Waals surface area contributed by atoms with Gasteiger partial charge in [-0.1, -0.05) is 17.7 Å². The van der Waals surface area contributed by atoms with Gasteiger partial charge in [0.15, 0.2) is 15.0 Å². The van der Waals surface area contributed by atoms with E-state index in [0.29, 0.717) is 10.9 Å². The molecule has 11 heteroatoms. The Hall–Kier alpha value is -0.940. The Bertz CT molecular complexity index is 596. The molecule has 1 rings (SSSR count). The van der Waals surface area contributed by atoms with Crippen LogP contribution in [0, 0.1) is 6.92 Å². The van der Waals surface area contributed by atoms with Crippen LogP contribution in [0.1, 0.15) is 5.56 Å². The first-order valence-electron chi connectivity index (χ1n) is 5.79. The average molecular weight is 384 g/mol. The van der Waals surface area contributed by atoms with E-state index in [1.54, 1.807) is 0 Å². The monoisotopic (exact) mass is 384 g/mol. The van der Waals surface area contributed by atoms with Crippen molar-refractivity contribution < 1.29 is 39.3 Å². The molecule has 1 atom stereocenters. The molecule has 0 aliphatic carbocycles. The lowest BCUT2D eigenvalue weighted by Crippen LogP contribution is -2.46. The van der Waals surface area contributed by atoms with Gasteiger partial charge >= 0.3 is 11.4 Å². The van der Waals surface area contributed by atoms with E-state index in [9.17, 15) is 39.3 Å². The van der Waals surface area contributed by atoms with Gasteiger partial charge in [-0.05, 0) is 19.1 Å². The highest BCUT2D eigenvalue weighted by Gasteiger charge is 2.61. The number of hydrogen-bond donors (Lipinski definition) is 0. The van der Waals surface area contributed by atoms with Crippen molar-refractivity contribution in [3.8, 4) is 0 Å². The molecule has 23 heavy (non-hydrogen) atoms. The number of alkyl halides is 6. The van der Waals surface area contributed by atoms with Crippen molar-refractivity contribution in [2.45, 2.75) is 29.4 Å². The van der Waals surface area contributed by atoms with Crippen LogP contribution in [-0.2, 0) is 21.0 Å². The molecule has 0 amide bonds. The van der Waals surface area contributed by atoms with Gasteiger partial charge in [0.2, 0.25) is 0 Å². The Labute approximate surface area is 132 Å². The first kappa shape index (κ1) is 22.1. The minimum atomic E-state index is -6.66. The fourth-order valence-corrected chi connectivity index (χ4v) is 2.20. The van der Waals surface area contributed by atoms with E-state index >= 15 is 0 Å². The van der Waals surface area contributed by atoms with Gasteiger partial charge in [-0.3, -0.25) is 0 Å². The Morgan fingerprint density at radius 2 is 1.43 bits per heavy atom. The summed E-state index contributed by atoms with van der Waals surface area (Å²) in [6, 6.07) is 8.75. The van der Waals surface area contributed by atoms with Crippen LogP contribution in [-0.4, -0.2) is 43.1 Å². The van der Waals surface area contributed by atoms with Gasteiger partial charge < -0.3 is 4.55 Å². The number of rotatable bonds is 3. The van der Waals surface area contributed by atoms with Crippen LogP contribution in [0.2, 0.25) is 0 Å². The third kappa shape index (κ3) is 6.60. The molecule has 1 aromatic carbocycles. The van der Waals surface area contributed by atoms with E-state index in [1.807, 2.05) is 0 Å². The summed E-state index contributed by atoms with van der Waals surface area (Å²) in [5, 5.41) is -5.99. The van der Waals surface area contributed by atoms with Gasteiger partial charge in [-0.2, -0.15) is 22.0 Å². The summed E-state index contributed by atoms with van der Waals surface area (Å²) in [6.45, 7) is 2.12. The number of halogens is 6. The second-order valence-corrected chi connectivity index (χ2v) is 8.11. The molecule has 0 aliphatic heterocycles. The Morgan fingerprint density at radius 1 is 1.04 bits per heavy atom. The summed E-state index contributed by atoms with van der Waals surface area (Å²) in [4.78, 5) is 1.45. The molecule has 0 aromatic heterocycles. The van der Waals surface area contributed by atoms with Crippen LogP contribution in [0.25, 0.3) is 0 Å². The zero-order valence-corrected chi connectivity index (χ0v) is 13.8. The smallest absolute Gasteiger partial charge is 0.426 e. The van der Waals surface area contributed by atoms with Crippen LogP contribution in [0.4, 0.5) is 26.3 Å². The number of hydrogen-bond acceptors (Lipinski definition) is 3. The minimum Gasteiger partial charge on any atom is -0.743 e. The predicted octanol–water partition coefficient (Wildman–Crippen LogP) is 3.26. The van der Waals surface area contributed by atoms with Gasteiger partial charge in [-0.15, -0.1) is 0 Å². The maximum Gasteiger partial charge on any atom is 0.426 e. The van der Waals surface area contributed by atoms with Crippen LogP contribution >= 0.6 is 0 Å². The normalized spacial score (nSPS) is 14.2. The van der Waals surface area contributed by atoms with Crippen molar-refractivity contribution in [2.75, 3.05) is 12.5 Å². The summed E-state index contributed by atoms with van der Waals surface area (Å²) in [5.74, 6) is 0. The summed E-state index contributed by atoms with van der Waals surface area (Å²) in [5.41, 5.74) is 1.34. The summed E-state index contributed by atoms with van der Waals surface area (Å²) in [6.07, 6.45) is -6.63. The Morgan fingerprint density at radius 3 is 1.65 bits per heavy atom. The lowest BCUT2D eigenvalue weighted by molar-refractivity contribution is -0.223. The van der Waals surface area contributed by atoms with E-state index in [4.69, 9.17) is 0 Å². The predicted molar refractivity (Wildman–Crippen MR) is 74.3 cm³/mol. The second-order valence-electron chi connectivity index (χ2n) is 4.55. The first-order valence-corrected chi connectivity index (χ1v) is 9.24. The number of aryl methyl sites for hydroxylation is 1. The average Bonchev–Trinajstić information content (AvgIpc) is 2.36. The van der Waals surface area contributed by atoms with Crippen molar-refractivity contribution in [1.29, 1.82) is 0 Å². The molecule has 0 bridgehead atoms. The van der Waals surface area contributed by atoms with Crippen molar-refractivity contribution >= 4 is 21.0 Å². The molecule has 0 fully saturated rings. The van der Waals surface area contributed by atoms with Crippen molar-refractivity contribution in [1.82, 2.24) is 0 Å². The van der Waals surface area contributed by atoms with E-state index in [2.05, 4.69) is 43.7 Å². The molecule has 3 nitrogen and oxygen atoms in total. The molecule has 0 aliphatic rings. The molecule has 134 valence electrons. The Balaban J connectivity index is 0.000000433. The molecule has 0 N–H and O–H groups in total. The summed E-state index contributed by atoms with van der Waals surface area (Å²) >= 11 is 0. The molecule has 0 saturated heterocycles. The molecule has 1 aromatic rings. The molecule has 0 heterocycles. The maximum absolute atomic E-state index is 11.8. The topological polar surface area (TPSA) is 57.2 Å². The summed E-state index contributed by atoms with van der Waals surface area (Å²) < 4.78 is 97.5. The van der Waals surface area contributed by atoms with Crippen LogP contribution in [0.15, 0.2) is 29.2 Å². The maximum atomic E-state index is 11.8.